The monoisotopic (exact) mass is 423 g/mol. The summed E-state index contributed by atoms with van der Waals surface area (Å²) < 4.78 is 40.4. The molecule has 1 aliphatic rings. The van der Waals surface area contributed by atoms with Crippen molar-refractivity contribution < 1.29 is 22.7 Å². The average Bonchev–Trinajstić information content (AvgIpc) is 2.74. The minimum Gasteiger partial charge on any atom is -0.406 e. The molecule has 1 N–H and O–H groups in total. The van der Waals surface area contributed by atoms with Crippen molar-refractivity contribution in [1.29, 1.82) is 0 Å². The molecule has 1 saturated heterocycles. The van der Waals surface area contributed by atoms with Crippen LogP contribution >= 0.6 is 0 Å². The summed E-state index contributed by atoms with van der Waals surface area (Å²) in [7, 11) is 1.77. The number of likely N-dealkylation sites (N-methyl/N-ethyl adjacent to an activating group) is 1. The Morgan fingerprint density at radius 1 is 1.30 bits per heavy atom. The van der Waals surface area contributed by atoms with Gasteiger partial charge in [-0.2, -0.15) is 5.10 Å². The molecule has 0 aliphatic carbocycles. The van der Waals surface area contributed by atoms with Gasteiger partial charge >= 0.3 is 12.4 Å². The molecule has 1 aromatic heterocycles. The number of rotatable bonds is 6. The largest absolute Gasteiger partial charge is 0.573 e. The summed E-state index contributed by atoms with van der Waals surface area (Å²) in [6, 6.07) is 9.25. The lowest BCUT2D eigenvalue weighted by atomic mass is 10.0. The number of halogens is 3. The number of alkyl halides is 3. The summed E-state index contributed by atoms with van der Waals surface area (Å²) in [5.74, 6) is 0.536. The molecular formula is C20H24F3N5O2. The maximum absolute atomic E-state index is 12.5. The lowest BCUT2D eigenvalue weighted by Gasteiger charge is -2.37. The standard InChI is InChI=1S/C20H24F3N5O2/c1-27(16-4-3-13-28(14-16)18-5-2-11-25-26-18)19(29)24-12-10-15-6-8-17(9-7-15)30-20(21,22)23/h2,5-9,11,16H,3-4,10,12-14H2,1H3,(H,24,29)/t16-/m1/s1. The Morgan fingerprint density at radius 3 is 2.73 bits per heavy atom. The lowest BCUT2D eigenvalue weighted by Crippen LogP contribution is -2.51. The highest BCUT2D eigenvalue weighted by molar-refractivity contribution is 5.74. The average molecular weight is 423 g/mol. The molecule has 0 bridgehead atoms. The van der Waals surface area contributed by atoms with Gasteiger partial charge in [-0.25, -0.2) is 4.79 Å². The van der Waals surface area contributed by atoms with Crippen molar-refractivity contribution in [1.82, 2.24) is 20.4 Å². The number of hydrogen-bond donors (Lipinski definition) is 1. The number of ether oxygens (including phenoxy) is 1. The van der Waals surface area contributed by atoms with Gasteiger partial charge in [0, 0.05) is 32.9 Å². The molecule has 162 valence electrons. The lowest BCUT2D eigenvalue weighted by molar-refractivity contribution is -0.274. The summed E-state index contributed by atoms with van der Waals surface area (Å²) in [5, 5.41) is 10.9. The topological polar surface area (TPSA) is 70.6 Å². The van der Waals surface area contributed by atoms with Crippen molar-refractivity contribution in [3.8, 4) is 5.75 Å². The second-order valence-corrected chi connectivity index (χ2v) is 7.11. The van der Waals surface area contributed by atoms with E-state index >= 15 is 0 Å². The van der Waals surface area contributed by atoms with Crippen LogP contribution in [0.25, 0.3) is 0 Å². The minimum atomic E-state index is -4.71. The molecule has 1 aliphatic heterocycles. The Morgan fingerprint density at radius 2 is 2.07 bits per heavy atom. The molecule has 0 spiro atoms. The highest BCUT2D eigenvalue weighted by Crippen LogP contribution is 2.23. The van der Waals surface area contributed by atoms with E-state index < -0.39 is 6.36 Å². The van der Waals surface area contributed by atoms with Crippen molar-refractivity contribution >= 4 is 11.8 Å². The van der Waals surface area contributed by atoms with Crippen LogP contribution in [0.2, 0.25) is 0 Å². The highest BCUT2D eigenvalue weighted by Gasteiger charge is 2.31. The van der Waals surface area contributed by atoms with Crippen LogP contribution < -0.4 is 15.0 Å². The number of hydrogen-bond acceptors (Lipinski definition) is 5. The molecule has 0 radical (unpaired) electrons. The predicted octanol–water partition coefficient (Wildman–Crippen LogP) is 3.23. The van der Waals surface area contributed by atoms with Crippen LogP contribution in [0.1, 0.15) is 18.4 Å². The third kappa shape index (κ3) is 6.23. The number of aromatic nitrogens is 2. The molecule has 2 amide bonds. The summed E-state index contributed by atoms with van der Waals surface area (Å²) in [5.41, 5.74) is 0.805. The second kappa shape index (κ2) is 9.64. The SMILES string of the molecule is CN(C(=O)NCCc1ccc(OC(F)(F)F)cc1)[C@@H]1CCCN(c2cccnn2)C1. The van der Waals surface area contributed by atoms with Crippen molar-refractivity contribution in [2.45, 2.75) is 31.7 Å². The number of piperidine rings is 1. The molecule has 10 heteroatoms. The quantitative estimate of drug-likeness (QED) is 0.773. The van der Waals surface area contributed by atoms with Crippen LogP contribution in [0.5, 0.6) is 5.75 Å². The number of benzene rings is 1. The van der Waals surface area contributed by atoms with Crippen molar-refractivity contribution in [2.75, 3.05) is 31.6 Å². The number of amides is 2. The van der Waals surface area contributed by atoms with E-state index in [1.54, 1.807) is 30.3 Å². The molecule has 1 aromatic carbocycles. The zero-order valence-corrected chi connectivity index (χ0v) is 16.6. The van der Waals surface area contributed by atoms with Gasteiger partial charge in [0.05, 0.1) is 6.04 Å². The van der Waals surface area contributed by atoms with Gasteiger partial charge in [-0.05, 0) is 49.1 Å². The zero-order valence-electron chi connectivity index (χ0n) is 16.6. The summed E-state index contributed by atoms with van der Waals surface area (Å²) >= 11 is 0. The summed E-state index contributed by atoms with van der Waals surface area (Å²) in [6.07, 6.45) is -0.724. The molecular weight excluding hydrogens is 399 g/mol. The number of carbonyl (C=O) groups excluding carboxylic acids is 1. The molecule has 0 saturated carbocycles. The molecule has 2 aromatic rings. The number of urea groups is 1. The summed E-state index contributed by atoms with van der Waals surface area (Å²) in [6.45, 7) is 1.94. The predicted molar refractivity (Wildman–Crippen MR) is 105 cm³/mol. The van der Waals surface area contributed by atoms with Crippen molar-refractivity contribution in [2.24, 2.45) is 0 Å². The first-order valence-electron chi connectivity index (χ1n) is 9.70. The van der Waals surface area contributed by atoms with E-state index in [0.717, 1.165) is 30.8 Å². The Kier molecular flexibility index (Phi) is 6.96. The van der Waals surface area contributed by atoms with E-state index in [1.807, 2.05) is 12.1 Å². The van der Waals surface area contributed by atoms with Crippen LogP contribution in [-0.2, 0) is 6.42 Å². The first-order valence-corrected chi connectivity index (χ1v) is 9.70. The first kappa shape index (κ1) is 21.7. The van der Waals surface area contributed by atoms with E-state index in [1.165, 1.54) is 12.1 Å². The summed E-state index contributed by atoms with van der Waals surface area (Å²) in [4.78, 5) is 16.3. The number of anilines is 1. The van der Waals surface area contributed by atoms with Crippen LogP contribution in [0.3, 0.4) is 0 Å². The maximum atomic E-state index is 12.5. The normalized spacial score (nSPS) is 16.8. The molecule has 3 rings (SSSR count). The van der Waals surface area contributed by atoms with Gasteiger partial charge in [-0.1, -0.05) is 12.1 Å². The van der Waals surface area contributed by atoms with E-state index in [2.05, 4.69) is 25.2 Å². The molecule has 0 unspecified atom stereocenters. The number of carbonyl (C=O) groups is 1. The second-order valence-electron chi connectivity index (χ2n) is 7.11. The van der Waals surface area contributed by atoms with Gasteiger partial charge in [0.15, 0.2) is 5.82 Å². The fraction of sp³-hybridized carbons (Fsp3) is 0.450. The van der Waals surface area contributed by atoms with E-state index in [4.69, 9.17) is 0 Å². The van der Waals surface area contributed by atoms with Gasteiger partial charge in [-0.3, -0.25) is 0 Å². The fourth-order valence-electron chi connectivity index (χ4n) is 3.40. The fourth-order valence-corrected chi connectivity index (χ4v) is 3.40. The zero-order chi connectivity index (χ0) is 21.6. The third-order valence-electron chi connectivity index (χ3n) is 4.99. The van der Waals surface area contributed by atoms with Crippen LogP contribution in [0, 0.1) is 0 Å². The van der Waals surface area contributed by atoms with Crippen molar-refractivity contribution in [3.63, 3.8) is 0 Å². The smallest absolute Gasteiger partial charge is 0.406 e. The Bertz CT molecular complexity index is 817. The van der Waals surface area contributed by atoms with Crippen molar-refractivity contribution in [3.05, 3.63) is 48.2 Å². The van der Waals surface area contributed by atoms with E-state index in [9.17, 15) is 18.0 Å². The minimum absolute atomic E-state index is 0.0551. The number of nitrogens with zero attached hydrogens (tertiary/aromatic N) is 4. The number of nitrogens with one attached hydrogen (secondary N) is 1. The molecule has 1 fully saturated rings. The Labute approximate surface area is 172 Å². The Balaban J connectivity index is 1.45. The van der Waals surface area contributed by atoms with Crippen LogP contribution in [0.4, 0.5) is 23.8 Å². The van der Waals surface area contributed by atoms with E-state index in [-0.39, 0.29) is 17.8 Å². The molecule has 1 atom stereocenters. The third-order valence-corrected chi connectivity index (χ3v) is 4.99. The van der Waals surface area contributed by atoms with Gasteiger partial charge in [-0.15, -0.1) is 18.3 Å². The van der Waals surface area contributed by atoms with E-state index in [0.29, 0.717) is 19.5 Å². The van der Waals surface area contributed by atoms with Gasteiger partial charge in [0.25, 0.3) is 0 Å². The molecule has 30 heavy (non-hydrogen) atoms. The molecule has 7 nitrogen and oxygen atoms in total. The first-order chi connectivity index (χ1) is 14.3. The Hall–Kier alpha value is -3.04. The van der Waals surface area contributed by atoms with Crippen LogP contribution in [0.15, 0.2) is 42.6 Å². The molecule has 2 heterocycles. The highest BCUT2D eigenvalue weighted by atomic mass is 19.4. The van der Waals surface area contributed by atoms with Crippen LogP contribution in [-0.4, -0.2) is 60.2 Å². The van der Waals surface area contributed by atoms with Gasteiger partial charge in [0.1, 0.15) is 5.75 Å². The van der Waals surface area contributed by atoms with Gasteiger partial charge < -0.3 is 19.9 Å². The maximum Gasteiger partial charge on any atom is 0.573 e. The van der Waals surface area contributed by atoms with Gasteiger partial charge in [0.2, 0.25) is 0 Å².